The van der Waals surface area contributed by atoms with Crippen molar-refractivity contribution in [3.05, 3.63) is 24.0 Å². The molecular weight excluding hydrogens is 244 g/mol. The van der Waals surface area contributed by atoms with E-state index in [9.17, 15) is 0 Å². The molecule has 1 aliphatic carbocycles. The third kappa shape index (κ3) is 2.14. The Hall–Kier alpha value is -1.36. The van der Waals surface area contributed by atoms with Gasteiger partial charge in [-0.1, -0.05) is 44.3 Å². The van der Waals surface area contributed by atoms with E-state index in [1.54, 1.807) is 11.3 Å². The molecule has 2 aromatic heterocycles. The first-order valence-corrected chi connectivity index (χ1v) is 7.12. The highest BCUT2D eigenvalue weighted by atomic mass is 32.1. The monoisotopic (exact) mass is 262 g/mol. The molecule has 0 bridgehead atoms. The van der Waals surface area contributed by atoms with Crippen molar-refractivity contribution in [1.82, 2.24) is 14.6 Å². The molecule has 2 heterocycles. The molecule has 2 aromatic rings. The third-order valence-corrected chi connectivity index (χ3v) is 4.00. The minimum absolute atomic E-state index is 0.0797. The van der Waals surface area contributed by atoms with Crippen LogP contribution in [0.3, 0.4) is 0 Å². The summed E-state index contributed by atoms with van der Waals surface area (Å²) >= 11 is 1.62. The summed E-state index contributed by atoms with van der Waals surface area (Å²) in [4.78, 5) is 5.61. The lowest BCUT2D eigenvalue weighted by atomic mass is 9.93. The molecule has 5 heteroatoms. The van der Waals surface area contributed by atoms with Gasteiger partial charge in [0.25, 0.3) is 0 Å². The largest absolute Gasteiger partial charge is 0.357 e. The molecule has 0 saturated heterocycles. The first-order chi connectivity index (χ1) is 8.52. The van der Waals surface area contributed by atoms with E-state index in [0.29, 0.717) is 6.04 Å². The van der Waals surface area contributed by atoms with Crippen LogP contribution in [0, 0.1) is 0 Å². The van der Waals surface area contributed by atoms with E-state index in [-0.39, 0.29) is 5.41 Å². The first-order valence-electron chi connectivity index (χ1n) is 6.30. The van der Waals surface area contributed by atoms with Crippen molar-refractivity contribution in [3.63, 3.8) is 0 Å². The summed E-state index contributed by atoms with van der Waals surface area (Å²) in [7, 11) is 0. The minimum atomic E-state index is 0.0797. The van der Waals surface area contributed by atoms with Gasteiger partial charge in [-0.25, -0.2) is 9.50 Å². The average molecular weight is 262 g/mol. The second kappa shape index (κ2) is 4.09. The number of nitrogens with one attached hydrogen (secondary N) is 1. The minimum Gasteiger partial charge on any atom is -0.357 e. The number of nitrogens with zero attached hydrogens (tertiary/aromatic N) is 3. The average Bonchev–Trinajstić information content (AvgIpc) is 2.90. The van der Waals surface area contributed by atoms with Crippen molar-refractivity contribution in [2.75, 3.05) is 5.32 Å². The van der Waals surface area contributed by atoms with Crippen LogP contribution in [0.15, 0.2) is 18.3 Å². The Bertz CT molecular complexity index is 548. The van der Waals surface area contributed by atoms with E-state index in [1.807, 2.05) is 10.7 Å². The van der Waals surface area contributed by atoms with Gasteiger partial charge in [0.2, 0.25) is 10.1 Å². The lowest BCUT2D eigenvalue weighted by Gasteiger charge is -2.13. The van der Waals surface area contributed by atoms with Crippen molar-refractivity contribution < 1.29 is 0 Å². The zero-order chi connectivity index (χ0) is 12.8. The zero-order valence-electron chi connectivity index (χ0n) is 11.0. The molecular formula is C13H18N4S. The highest BCUT2D eigenvalue weighted by Crippen LogP contribution is 2.26. The lowest BCUT2D eigenvalue weighted by Crippen LogP contribution is -2.15. The van der Waals surface area contributed by atoms with Crippen LogP contribution >= 0.6 is 11.3 Å². The Morgan fingerprint density at radius 1 is 1.33 bits per heavy atom. The van der Waals surface area contributed by atoms with Crippen LogP contribution in [0.1, 0.15) is 39.3 Å². The molecule has 0 spiro atoms. The molecule has 1 N–H and O–H groups in total. The maximum absolute atomic E-state index is 4.64. The fourth-order valence-electron chi connectivity index (χ4n) is 2.03. The molecule has 0 fully saturated rings. The zero-order valence-corrected chi connectivity index (χ0v) is 11.8. The molecule has 1 aliphatic rings. The number of rotatable bonds is 2. The summed E-state index contributed by atoms with van der Waals surface area (Å²) in [5.74, 6) is 0. The van der Waals surface area contributed by atoms with Gasteiger partial charge in [0.1, 0.15) is 0 Å². The summed E-state index contributed by atoms with van der Waals surface area (Å²) < 4.78 is 1.88. The summed E-state index contributed by atoms with van der Waals surface area (Å²) in [6.45, 7) is 6.51. The Balaban J connectivity index is 1.82. The standard InChI is InChI=1S/C13H18N4S/c1-13(2,3)10-8-17-12(15-10)18-11(16-17)14-9-6-4-5-7-9/h4-5,8-9H,6-7H2,1-3H3,(H,14,16). The molecule has 96 valence electrons. The van der Waals surface area contributed by atoms with Crippen LogP contribution in [-0.2, 0) is 5.41 Å². The Morgan fingerprint density at radius 2 is 2.06 bits per heavy atom. The van der Waals surface area contributed by atoms with Crippen molar-refractivity contribution in [2.45, 2.75) is 45.1 Å². The first kappa shape index (κ1) is 11.7. The topological polar surface area (TPSA) is 42.2 Å². The van der Waals surface area contributed by atoms with Crippen molar-refractivity contribution in [2.24, 2.45) is 0 Å². The smallest absolute Gasteiger partial charge is 0.214 e. The molecule has 4 nitrogen and oxygen atoms in total. The SMILES string of the molecule is CC(C)(C)c1cn2nc(NC3CC=CC3)sc2n1. The van der Waals surface area contributed by atoms with Crippen LogP contribution < -0.4 is 5.32 Å². The van der Waals surface area contributed by atoms with Gasteiger partial charge in [-0.3, -0.25) is 0 Å². The fourth-order valence-corrected chi connectivity index (χ4v) is 2.89. The van der Waals surface area contributed by atoms with Crippen molar-refractivity contribution in [1.29, 1.82) is 0 Å². The van der Waals surface area contributed by atoms with E-state index in [0.717, 1.165) is 28.6 Å². The van der Waals surface area contributed by atoms with E-state index in [2.05, 4.69) is 48.3 Å². The number of imidazole rings is 1. The molecule has 0 radical (unpaired) electrons. The second-order valence-corrected chi connectivity index (χ2v) is 6.75. The molecule has 0 aromatic carbocycles. The number of aromatic nitrogens is 3. The van der Waals surface area contributed by atoms with E-state index in [4.69, 9.17) is 0 Å². The predicted molar refractivity (Wildman–Crippen MR) is 75.3 cm³/mol. The van der Waals surface area contributed by atoms with Gasteiger partial charge < -0.3 is 5.32 Å². The van der Waals surface area contributed by atoms with Gasteiger partial charge >= 0.3 is 0 Å². The maximum Gasteiger partial charge on any atom is 0.214 e. The Labute approximate surface area is 111 Å². The Morgan fingerprint density at radius 3 is 2.67 bits per heavy atom. The van der Waals surface area contributed by atoms with Gasteiger partial charge in [-0.15, -0.1) is 5.10 Å². The van der Waals surface area contributed by atoms with Crippen LogP contribution in [0.25, 0.3) is 4.96 Å². The van der Waals surface area contributed by atoms with Crippen LogP contribution in [-0.4, -0.2) is 20.6 Å². The normalized spacial score (nSPS) is 16.8. The summed E-state index contributed by atoms with van der Waals surface area (Å²) in [6.07, 6.45) is 8.65. The predicted octanol–water partition coefficient (Wildman–Crippen LogP) is 3.22. The quantitative estimate of drug-likeness (QED) is 0.845. The van der Waals surface area contributed by atoms with Gasteiger partial charge in [-0.05, 0) is 12.8 Å². The fraction of sp³-hybridized carbons (Fsp3) is 0.538. The number of hydrogen-bond donors (Lipinski definition) is 1. The molecule has 0 atom stereocenters. The number of hydrogen-bond acceptors (Lipinski definition) is 4. The number of anilines is 1. The van der Waals surface area contributed by atoms with Crippen LogP contribution in [0.5, 0.6) is 0 Å². The third-order valence-electron chi connectivity index (χ3n) is 3.15. The maximum atomic E-state index is 4.64. The van der Waals surface area contributed by atoms with Gasteiger partial charge in [-0.2, -0.15) is 0 Å². The van der Waals surface area contributed by atoms with E-state index < -0.39 is 0 Å². The summed E-state index contributed by atoms with van der Waals surface area (Å²) in [6, 6.07) is 0.503. The molecule has 0 saturated carbocycles. The molecule has 3 rings (SSSR count). The summed E-state index contributed by atoms with van der Waals surface area (Å²) in [5, 5.41) is 8.97. The van der Waals surface area contributed by atoms with Gasteiger partial charge in [0, 0.05) is 11.5 Å². The second-order valence-electron chi connectivity index (χ2n) is 5.79. The van der Waals surface area contributed by atoms with Crippen molar-refractivity contribution >= 4 is 21.4 Å². The highest BCUT2D eigenvalue weighted by molar-refractivity contribution is 7.20. The summed E-state index contributed by atoms with van der Waals surface area (Å²) in [5.41, 5.74) is 1.17. The molecule has 18 heavy (non-hydrogen) atoms. The van der Waals surface area contributed by atoms with E-state index >= 15 is 0 Å². The van der Waals surface area contributed by atoms with Gasteiger partial charge in [0.15, 0.2) is 0 Å². The molecule has 0 unspecified atom stereocenters. The van der Waals surface area contributed by atoms with E-state index in [1.165, 1.54) is 0 Å². The van der Waals surface area contributed by atoms with Gasteiger partial charge in [0.05, 0.1) is 11.9 Å². The van der Waals surface area contributed by atoms with Crippen LogP contribution in [0.2, 0.25) is 0 Å². The highest BCUT2D eigenvalue weighted by Gasteiger charge is 2.20. The lowest BCUT2D eigenvalue weighted by molar-refractivity contribution is 0.572. The van der Waals surface area contributed by atoms with Crippen LogP contribution in [0.4, 0.5) is 5.13 Å². The van der Waals surface area contributed by atoms with Crippen molar-refractivity contribution in [3.8, 4) is 0 Å². The molecule has 0 aliphatic heterocycles. The molecule has 0 amide bonds. The Kier molecular flexibility index (Phi) is 2.66. The number of fused-ring (bicyclic) bond motifs is 1.